The third-order valence-corrected chi connectivity index (χ3v) is 10.6. The fourth-order valence-corrected chi connectivity index (χ4v) is 4.82. The number of hydrogen-bond donors (Lipinski definition) is 1. The van der Waals surface area contributed by atoms with E-state index in [-0.39, 0.29) is 16.7 Å². The average molecular weight is 479 g/mol. The van der Waals surface area contributed by atoms with Gasteiger partial charge in [-0.1, -0.05) is 67.0 Å². The molecule has 0 amide bonds. The van der Waals surface area contributed by atoms with Crippen molar-refractivity contribution in [1.82, 2.24) is 0 Å². The molecule has 1 atom stereocenters. The molecule has 0 saturated carbocycles. The van der Waals surface area contributed by atoms with Gasteiger partial charge >= 0.3 is 5.97 Å². The number of hydrogen-bond acceptors (Lipinski definition) is 3. The summed E-state index contributed by atoms with van der Waals surface area (Å²) in [5, 5.41) is 10.5. The maximum atomic E-state index is 12.0. The van der Waals surface area contributed by atoms with Crippen molar-refractivity contribution in [2.45, 2.75) is 58.5 Å². The first-order valence-electron chi connectivity index (χ1n) is 9.74. The highest BCUT2D eigenvalue weighted by atomic mass is 79.9. The van der Waals surface area contributed by atoms with Crippen molar-refractivity contribution in [3.8, 4) is 5.75 Å². The van der Waals surface area contributed by atoms with E-state index in [1.54, 1.807) is 6.07 Å². The van der Waals surface area contributed by atoms with Crippen LogP contribution in [0.3, 0.4) is 0 Å². The van der Waals surface area contributed by atoms with Crippen LogP contribution in [-0.4, -0.2) is 24.7 Å². The van der Waals surface area contributed by atoms with Gasteiger partial charge in [0.05, 0.1) is 6.10 Å². The molecule has 0 radical (unpaired) electrons. The third kappa shape index (κ3) is 5.93. The highest BCUT2D eigenvalue weighted by Gasteiger charge is 2.39. The van der Waals surface area contributed by atoms with Gasteiger partial charge in [0, 0.05) is 5.33 Å². The number of carboxylic acids is 1. The van der Waals surface area contributed by atoms with Gasteiger partial charge in [0.1, 0.15) is 17.9 Å². The first kappa shape index (κ1) is 23.6. The van der Waals surface area contributed by atoms with E-state index < -0.39 is 14.3 Å². The molecule has 0 saturated heterocycles. The maximum Gasteiger partial charge on any atom is 0.339 e. The third-order valence-electron chi connectivity index (χ3n) is 5.51. The number of ether oxygens (including phenoxy) is 1. The Labute approximate surface area is 183 Å². The lowest BCUT2D eigenvalue weighted by molar-refractivity contribution is 0.0691. The number of benzene rings is 2. The number of aryl methyl sites for hydroxylation is 1. The Hall–Kier alpha value is -1.63. The molecule has 4 nitrogen and oxygen atoms in total. The van der Waals surface area contributed by atoms with Crippen LogP contribution in [0.1, 0.15) is 53.9 Å². The molecule has 0 bridgehead atoms. The van der Waals surface area contributed by atoms with E-state index in [4.69, 9.17) is 9.16 Å². The normalized spacial score (nSPS) is 13.2. The molecule has 2 aromatic rings. The quantitative estimate of drug-likeness (QED) is 0.337. The molecular formula is C23H31BrO4Si. The SMILES string of the molecule is Cc1cc([C@H](CBr)O[Si](C)(C)C(C)(C)C)cc(C(=O)O)c1OCc1ccccc1. The first-order valence-corrected chi connectivity index (χ1v) is 13.8. The summed E-state index contributed by atoms with van der Waals surface area (Å²) in [6.07, 6.45) is -0.212. The van der Waals surface area contributed by atoms with Gasteiger partial charge in [-0.25, -0.2) is 4.79 Å². The predicted molar refractivity (Wildman–Crippen MR) is 124 cm³/mol. The molecule has 2 aromatic carbocycles. The monoisotopic (exact) mass is 478 g/mol. The molecule has 2 rings (SSSR count). The Morgan fingerprint density at radius 3 is 2.31 bits per heavy atom. The summed E-state index contributed by atoms with van der Waals surface area (Å²) in [7, 11) is -2.02. The van der Waals surface area contributed by atoms with Gasteiger partial charge in [-0.05, 0) is 53.9 Å². The minimum atomic E-state index is -2.02. The fourth-order valence-electron chi connectivity index (χ4n) is 2.79. The predicted octanol–water partition coefficient (Wildman–Crippen LogP) is 6.73. The summed E-state index contributed by atoms with van der Waals surface area (Å²) in [5.74, 6) is -0.593. The minimum absolute atomic E-state index is 0.0663. The molecule has 0 aliphatic heterocycles. The van der Waals surface area contributed by atoms with Gasteiger partial charge in [0.2, 0.25) is 0 Å². The van der Waals surface area contributed by atoms with Crippen LogP contribution >= 0.6 is 15.9 Å². The van der Waals surface area contributed by atoms with Crippen molar-refractivity contribution >= 4 is 30.2 Å². The van der Waals surface area contributed by atoms with Crippen LogP contribution in [0.25, 0.3) is 0 Å². The lowest BCUT2D eigenvalue weighted by Crippen LogP contribution is -2.42. The molecule has 0 fully saturated rings. The lowest BCUT2D eigenvalue weighted by atomic mass is 10.0. The zero-order valence-electron chi connectivity index (χ0n) is 18.1. The van der Waals surface area contributed by atoms with Gasteiger partial charge in [-0.15, -0.1) is 0 Å². The summed E-state index contributed by atoms with van der Waals surface area (Å²) in [6, 6.07) is 13.4. The second kappa shape index (κ2) is 9.45. The zero-order valence-corrected chi connectivity index (χ0v) is 20.7. The van der Waals surface area contributed by atoms with Gasteiger partial charge in [-0.3, -0.25) is 0 Å². The van der Waals surface area contributed by atoms with E-state index in [0.717, 1.165) is 16.7 Å². The minimum Gasteiger partial charge on any atom is -0.488 e. The van der Waals surface area contributed by atoms with Crippen LogP contribution in [0.4, 0.5) is 0 Å². The topological polar surface area (TPSA) is 55.8 Å². The number of aromatic carboxylic acids is 1. The second-order valence-electron chi connectivity index (χ2n) is 8.82. The van der Waals surface area contributed by atoms with E-state index in [2.05, 4.69) is 49.8 Å². The number of carbonyl (C=O) groups is 1. The Balaban J connectivity index is 2.35. The van der Waals surface area contributed by atoms with Crippen LogP contribution < -0.4 is 4.74 Å². The molecule has 0 aliphatic rings. The molecule has 158 valence electrons. The summed E-state index contributed by atoms with van der Waals surface area (Å²) in [4.78, 5) is 12.0. The van der Waals surface area contributed by atoms with Crippen LogP contribution in [0.15, 0.2) is 42.5 Å². The molecule has 0 unspecified atom stereocenters. The largest absolute Gasteiger partial charge is 0.488 e. The van der Waals surface area contributed by atoms with Gasteiger partial charge < -0.3 is 14.3 Å². The zero-order chi connectivity index (χ0) is 21.8. The van der Waals surface area contributed by atoms with Gasteiger partial charge in [0.15, 0.2) is 8.32 Å². The Morgan fingerprint density at radius 1 is 1.17 bits per heavy atom. The molecule has 0 aromatic heterocycles. The summed E-state index contributed by atoms with van der Waals surface area (Å²) < 4.78 is 12.5. The second-order valence-corrected chi connectivity index (χ2v) is 14.2. The highest BCUT2D eigenvalue weighted by Crippen LogP contribution is 2.41. The van der Waals surface area contributed by atoms with E-state index in [1.807, 2.05) is 43.3 Å². The number of carboxylic acid groups (broad SMARTS) is 1. The highest BCUT2D eigenvalue weighted by molar-refractivity contribution is 9.09. The standard InChI is InChI=1S/C23H31BrO4Si/c1-16-12-18(20(14-24)28-29(5,6)23(2,3)4)13-19(22(25)26)21(16)27-15-17-10-8-7-9-11-17/h7-13,20H,14-15H2,1-6H3,(H,25,26)/t20-/m0/s1. The Kier molecular flexibility index (Phi) is 7.71. The van der Waals surface area contributed by atoms with Crippen molar-refractivity contribution in [2.75, 3.05) is 5.33 Å². The van der Waals surface area contributed by atoms with Crippen molar-refractivity contribution in [3.63, 3.8) is 0 Å². The van der Waals surface area contributed by atoms with Gasteiger partial charge in [-0.2, -0.15) is 0 Å². The number of halogens is 1. The maximum absolute atomic E-state index is 12.0. The molecule has 1 N–H and O–H groups in total. The number of alkyl halides is 1. The Bertz CT molecular complexity index is 844. The van der Waals surface area contributed by atoms with Crippen molar-refractivity contribution in [3.05, 3.63) is 64.7 Å². The molecule has 29 heavy (non-hydrogen) atoms. The molecule has 0 aliphatic carbocycles. The lowest BCUT2D eigenvalue weighted by Gasteiger charge is -2.39. The van der Waals surface area contributed by atoms with E-state index in [0.29, 0.717) is 17.7 Å². The van der Waals surface area contributed by atoms with Crippen LogP contribution in [0.5, 0.6) is 5.75 Å². The van der Waals surface area contributed by atoms with Gasteiger partial charge in [0.25, 0.3) is 0 Å². The van der Waals surface area contributed by atoms with Crippen LogP contribution in [0, 0.1) is 6.92 Å². The summed E-state index contributed by atoms with van der Waals surface area (Å²) >= 11 is 3.56. The summed E-state index contributed by atoms with van der Waals surface area (Å²) in [6.45, 7) is 13.2. The van der Waals surface area contributed by atoms with Crippen LogP contribution in [-0.2, 0) is 11.0 Å². The first-order chi connectivity index (χ1) is 13.5. The average Bonchev–Trinajstić information content (AvgIpc) is 2.64. The summed E-state index contributed by atoms with van der Waals surface area (Å²) in [5.41, 5.74) is 2.81. The van der Waals surface area contributed by atoms with Crippen molar-refractivity contribution in [2.24, 2.45) is 0 Å². The van der Waals surface area contributed by atoms with Crippen molar-refractivity contribution in [1.29, 1.82) is 0 Å². The van der Waals surface area contributed by atoms with E-state index >= 15 is 0 Å². The fraction of sp³-hybridized carbons (Fsp3) is 0.435. The van der Waals surface area contributed by atoms with E-state index in [1.165, 1.54) is 0 Å². The Morgan fingerprint density at radius 2 is 1.79 bits per heavy atom. The molecular weight excluding hydrogens is 448 g/mol. The molecule has 0 heterocycles. The van der Waals surface area contributed by atoms with E-state index in [9.17, 15) is 9.90 Å². The molecule has 0 spiro atoms. The number of rotatable bonds is 8. The smallest absolute Gasteiger partial charge is 0.339 e. The molecule has 6 heteroatoms. The van der Waals surface area contributed by atoms with Crippen molar-refractivity contribution < 1.29 is 19.1 Å². The van der Waals surface area contributed by atoms with Crippen LogP contribution in [0.2, 0.25) is 18.1 Å².